The zero-order valence-corrected chi connectivity index (χ0v) is 17.6. The highest BCUT2D eigenvalue weighted by molar-refractivity contribution is 5.98. The number of hydrogen-bond acceptors (Lipinski definition) is 4. The van der Waals surface area contributed by atoms with Crippen LogP contribution in [0.15, 0.2) is 67.0 Å². The Morgan fingerprint density at radius 1 is 1.12 bits per heavy atom. The minimum atomic E-state index is -0.602. The third-order valence-electron chi connectivity index (χ3n) is 6.37. The molecule has 162 valence electrons. The van der Waals surface area contributed by atoms with E-state index in [2.05, 4.69) is 15.1 Å². The Morgan fingerprint density at radius 3 is 2.72 bits per heavy atom. The first-order valence-electron chi connectivity index (χ1n) is 10.8. The number of aromatic nitrogens is 4. The first kappa shape index (κ1) is 20.1. The van der Waals surface area contributed by atoms with Gasteiger partial charge in [-0.25, -0.2) is 18.9 Å². The van der Waals surface area contributed by atoms with E-state index in [-0.39, 0.29) is 16.8 Å². The zero-order chi connectivity index (χ0) is 22.1. The lowest BCUT2D eigenvalue weighted by Gasteiger charge is -2.36. The number of rotatable bonds is 6. The topological polar surface area (TPSA) is 107 Å². The van der Waals surface area contributed by atoms with E-state index in [1.165, 1.54) is 0 Å². The number of nitrogens with one attached hydrogen (secondary N) is 1. The molecule has 0 spiro atoms. The van der Waals surface area contributed by atoms with Gasteiger partial charge < -0.3 is 10.7 Å². The number of carbonyl (C=O) groups excluding carboxylic acids is 2. The molecule has 0 radical (unpaired) electrons. The third kappa shape index (κ3) is 3.29. The van der Waals surface area contributed by atoms with Gasteiger partial charge >= 0.3 is 5.91 Å². The molecule has 3 heterocycles. The molecule has 2 aromatic carbocycles. The normalized spacial score (nSPS) is 20.6. The molecule has 2 aromatic heterocycles. The fraction of sp³-hybridized carbons (Fsp3) is 0.250. The molecule has 8 heteroatoms. The number of benzene rings is 2. The fourth-order valence-corrected chi connectivity index (χ4v) is 4.95. The van der Waals surface area contributed by atoms with Crippen LogP contribution in [-0.4, -0.2) is 44.1 Å². The van der Waals surface area contributed by atoms with Gasteiger partial charge in [-0.1, -0.05) is 24.3 Å². The van der Waals surface area contributed by atoms with Crippen molar-refractivity contribution in [3.8, 4) is 5.69 Å². The number of hydrogen-bond donors (Lipinski definition) is 2. The average molecular weight is 430 g/mol. The summed E-state index contributed by atoms with van der Waals surface area (Å²) < 4.78 is 1.66. The van der Waals surface area contributed by atoms with E-state index in [1.54, 1.807) is 10.9 Å². The highest BCUT2D eigenvalue weighted by atomic mass is 16.2. The molecule has 2 amide bonds. The lowest BCUT2D eigenvalue weighted by Crippen LogP contribution is -2.62. The number of nitrogens with zero attached hydrogens (tertiary/aromatic N) is 4. The predicted octanol–water partition coefficient (Wildman–Crippen LogP) is 2.86. The molecule has 5 rings (SSSR count). The van der Waals surface area contributed by atoms with Crippen LogP contribution in [0.5, 0.6) is 0 Å². The van der Waals surface area contributed by atoms with Gasteiger partial charge in [0.15, 0.2) is 11.7 Å². The standard InChI is InChI=1S/C24H24N6O2/c25-24(32)21-11-5-16-30(21,20-10-4-3-9-19(20)29-15-6-14-26-29)23(31)13-12-22-27-17-7-1-2-8-18(17)28-22/h1-4,6-10,14-15,21H,5,11-13,16H2,(H2-,25,27,28,32)/p+1/t21-,30?/m0/s1. The van der Waals surface area contributed by atoms with Crippen molar-refractivity contribution in [1.82, 2.24) is 24.2 Å². The van der Waals surface area contributed by atoms with Crippen molar-refractivity contribution in [1.29, 1.82) is 0 Å². The second kappa shape index (κ2) is 8.05. The number of nitrogens with two attached hydrogens (primary N) is 1. The summed E-state index contributed by atoms with van der Waals surface area (Å²) in [5.41, 5.74) is 9.18. The molecule has 0 aliphatic carbocycles. The van der Waals surface area contributed by atoms with E-state index >= 15 is 0 Å². The van der Waals surface area contributed by atoms with Gasteiger partial charge in [0, 0.05) is 37.7 Å². The molecule has 0 bridgehead atoms. The van der Waals surface area contributed by atoms with E-state index in [0.29, 0.717) is 19.4 Å². The first-order chi connectivity index (χ1) is 15.6. The Kier molecular flexibility index (Phi) is 5.07. The van der Waals surface area contributed by atoms with Crippen molar-refractivity contribution in [2.75, 3.05) is 6.54 Å². The summed E-state index contributed by atoms with van der Waals surface area (Å²) in [5.74, 6) is 0.272. The van der Waals surface area contributed by atoms with Gasteiger partial charge in [0.1, 0.15) is 11.5 Å². The fourth-order valence-electron chi connectivity index (χ4n) is 4.95. The number of primary amides is 1. The lowest BCUT2D eigenvalue weighted by molar-refractivity contribution is -0.136. The summed E-state index contributed by atoms with van der Waals surface area (Å²) in [6, 6.07) is 16.7. The van der Waals surface area contributed by atoms with Crippen molar-refractivity contribution < 1.29 is 9.59 Å². The van der Waals surface area contributed by atoms with Gasteiger partial charge in [-0.3, -0.25) is 4.79 Å². The second-order valence-corrected chi connectivity index (χ2v) is 8.19. The molecule has 1 saturated heterocycles. The second-order valence-electron chi connectivity index (χ2n) is 8.19. The summed E-state index contributed by atoms with van der Waals surface area (Å²) in [4.78, 5) is 34.3. The van der Waals surface area contributed by atoms with Crippen LogP contribution < -0.4 is 10.2 Å². The van der Waals surface area contributed by atoms with E-state index in [4.69, 9.17) is 5.73 Å². The molecule has 4 aromatic rings. The zero-order valence-electron chi connectivity index (χ0n) is 17.6. The Bertz CT molecular complexity index is 1250. The van der Waals surface area contributed by atoms with Crippen LogP contribution in [0.2, 0.25) is 0 Å². The number of likely N-dealkylation sites (tertiary alicyclic amines) is 1. The maximum atomic E-state index is 13.9. The summed E-state index contributed by atoms with van der Waals surface area (Å²) in [5, 5.41) is 4.36. The minimum absolute atomic E-state index is 0.0358. The molecule has 8 nitrogen and oxygen atoms in total. The van der Waals surface area contributed by atoms with Gasteiger partial charge in [-0.15, -0.1) is 0 Å². The Hall–Kier alpha value is -3.78. The van der Waals surface area contributed by atoms with Crippen LogP contribution in [0.4, 0.5) is 5.69 Å². The van der Waals surface area contributed by atoms with Crippen LogP contribution in [0, 0.1) is 0 Å². The predicted molar refractivity (Wildman–Crippen MR) is 122 cm³/mol. The number of fused-ring (bicyclic) bond motifs is 1. The van der Waals surface area contributed by atoms with Crippen LogP contribution in [-0.2, 0) is 16.0 Å². The van der Waals surface area contributed by atoms with Gasteiger partial charge in [-0.2, -0.15) is 5.10 Å². The third-order valence-corrected chi connectivity index (χ3v) is 6.37. The maximum absolute atomic E-state index is 13.9. The van der Waals surface area contributed by atoms with Gasteiger partial charge in [-0.05, 0) is 24.3 Å². The van der Waals surface area contributed by atoms with Crippen LogP contribution in [0.1, 0.15) is 25.1 Å². The Balaban J connectivity index is 1.53. The van der Waals surface area contributed by atoms with Gasteiger partial charge in [0.05, 0.1) is 24.0 Å². The molecule has 3 N–H and O–H groups in total. The monoisotopic (exact) mass is 429 g/mol. The summed E-state index contributed by atoms with van der Waals surface area (Å²) in [7, 11) is 0. The number of H-pyrrole nitrogens is 1. The van der Waals surface area contributed by atoms with Crippen molar-refractivity contribution in [2.45, 2.75) is 31.7 Å². The Labute approximate surface area is 185 Å². The highest BCUT2D eigenvalue weighted by Gasteiger charge is 2.53. The average Bonchev–Trinajstić information content (AvgIpc) is 3.56. The van der Waals surface area contributed by atoms with Crippen molar-refractivity contribution >= 4 is 28.5 Å². The molecular formula is C24H25N6O2+. The van der Waals surface area contributed by atoms with Crippen molar-refractivity contribution in [3.63, 3.8) is 0 Å². The number of aryl methyl sites for hydroxylation is 1. The molecule has 1 aliphatic rings. The highest BCUT2D eigenvalue weighted by Crippen LogP contribution is 2.39. The molecule has 1 fully saturated rings. The van der Waals surface area contributed by atoms with Crippen LogP contribution in [0.25, 0.3) is 16.7 Å². The first-order valence-corrected chi connectivity index (χ1v) is 10.8. The number of amides is 2. The SMILES string of the molecule is NC(=O)[C@@H]1CCC[N+]1(C(=O)CCc1nc2ccccc2[nH]1)c1ccccc1-n1cccn1. The van der Waals surface area contributed by atoms with E-state index in [9.17, 15) is 9.59 Å². The van der Waals surface area contributed by atoms with E-state index in [0.717, 1.165) is 34.7 Å². The van der Waals surface area contributed by atoms with Crippen molar-refractivity contribution in [3.05, 3.63) is 72.8 Å². The van der Waals surface area contributed by atoms with E-state index in [1.807, 2.05) is 60.8 Å². The van der Waals surface area contributed by atoms with Crippen molar-refractivity contribution in [2.24, 2.45) is 5.73 Å². The minimum Gasteiger partial charge on any atom is -0.364 e. The Morgan fingerprint density at radius 2 is 1.94 bits per heavy atom. The van der Waals surface area contributed by atoms with Crippen LogP contribution >= 0.6 is 0 Å². The van der Waals surface area contributed by atoms with Gasteiger partial charge in [0.25, 0.3) is 5.91 Å². The molecule has 1 unspecified atom stereocenters. The summed E-state index contributed by atoms with van der Waals surface area (Å²) >= 11 is 0. The molecular weight excluding hydrogens is 404 g/mol. The van der Waals surface area contributed by atoms with E-state index < -0.39 is 11.9 Å². The molecule has 32 heavy (non-hydrogen) atoms. The smallest absolute Gasteiger partial charge is 0.319 e. The van der Waals surface area contributed by atoms with Crippen LogP contribution in [0.3, 0.4) is 0 Å². The number of aromatic amines is 1. The molecule has 2 atom stereocenters. The lowest BCUT2D eigenvalue weighted by atomic mass is 10.1. The summed E-state index contributed by atoms with van der Waals surface area (Å²) in [6.07, 6.45) is 5.57. The number of quaternary nitrogens is 1. The number of imidazole rings is 1. The molecule has 1 aliphatic heterocycles. The number of carbonyl (C=O) groups is 2. The quantitative estimate of drug-likeness (QED) is 0.460. The summed E-state index contributed by atoms with van der Waals surface area (Å²) in [6.45, 7) is 0.533. The van der Waals surface area contributed by atoms with Gasteiger partial charge in [0.2, 0.25) is 0 Å². The largest absolute Gasteiger partial charge is 0.364 e. The molecule has 0 saturated carbocycles. The number of para-hydroxylation sites is 4. The maximum Gasteiger partial charge on any atom is 0.319 e.